The zero-order valence-electron chi connectivity index (χ0n) is 17.0. The third-order valence-corrected chi connectivity index (χ3v) is 6.96. The van der Waals surface area contributed by atoms with E-state index >= 15 is 0 Å². The molecule has 4 heterocycles. The van der Waals surface area contributed by atoms with Crippen molar-refractivity contribution >= 4 is 32.5 Å². The van der Waals surface area contributed by atoms with Gasteiger partial charge in [0.1, 0.15) is 22.2 Å². The van der Waals surface area contributed by atoms with Gasteiger partial charge in [0.15, 0.2) is 26.5 Å². The molecule has 0 amide bonds. The van der Waals surface area contributed by atoms with Crippen molar-refractivity contribution < 1.29 is 21.6 Å². The van der Waals surface area contributed by atoms with Crippen LogP contribution in [0.5, 0.6) is 0 Å². The molecule has 0 fully saturated rings. The van der Waals surface area contributed by atoms with Crippen molar-refractivity contribution in [3.8, 4) is 23.0 Å². The average Bonchev–Trinajstić information content (AvgIpc) is 3.24. The van der Waals surface area contributed by atoms with Crippen molar-refractivity contribution in [1.29, 1.82) is 0 Å². The summed E-state index contributed by atoms with van der Waals surface area (Å²) in [6.07, 6.45) is -3.59. The topological polar surface area (TPSA) is 95.6 Å². The summed E-state index contributed by atoms with van der Waals surface area (Å²) in [4.78, 5) is 16.4. The lowest BCUT2D eigenvalue weighted by Crippen LogP contribution is -2.11. The van der Waals surface area contributed by atoms with Gasteiger partial charge in [0.25, 0.3) is 0 Å². The standard InChI is InChI=1S/C19H16ClF3N6O2S/c1-4-32(30,31)18-15(27-16(29(18)3)10-6-5-7-14(20)25-10)17-26-11-8-13(19(21,22)23)24-9-12(11)28(17)2/h5-9H,4H2,1-3H3. The van der Waals surface area contributed by atoms with Crippen LogP contribution >= 0.6 is 11.6 Å². The van der Waals surface area contributed by atoms with Gasteiger partial charge in [-0.15, -0.1) is 0 Å². The maximum absolute atomic E-state index is 13.1. The van der Waals surface area contributed by atoms with Crippen molar-refractivity contribution in [1.82, 2.24) is 29.1 Å². The molecule has 0 atom stereocenters. The summed E-state index contributed by atoms with van der Waals surface area (Å²) in [6.45, 7) is 1.48. The van der Waals surface area contributed by atoms with E-state index in [2.05, 4.69) is 19.9 Å². The fraction of sp³-hybridized carbons (Fsp3) is 0.263. The van der Waals surface area contributed by atoms with Crippen LogP contribution in [-0.4, -0.2) is 43.2 Å². The smallest absolute Gasteiger partial charge is 0.324 e. The number of imidazole rings is 2. The van der Waals surface area contributed by atoms with Crippen molar-refractivity contribution in [2.75, 3.05) is 5.75 Å². The number of aryl methyl sites for hydroxylation is 1. The fourth-order valence-corrected chi connectivity index (χ4v) is 4.71. The second-order valence-corrected chi connectivity index (χ2v) is 9.53. The first-order valence-corrected chi connectivity index (χ1v) is 11.3. The quantitative estimate of drug-likeness (QED) is 0.408. The molecule has 0 saturated heterocycles. The lowest BCUT2D eigenvalue weighted by molar-refractivity contribution is -0.141. The molecule has 0 spiro atoms. The minimum Gasteiger partial charge on any atom is -0.324 e. The maximum Gasteiger partial charge on any atom is 0.433 e. The lowest BCUT2D eigenvalue weighted by Gasteiger charge is -2.07. The zero-order valence-corrected chi connectivity index (χ0v) is 18.6. The molecule has 4 aromatic heterocycles. The molecule has 4 rings (SSSR count). The van der Waals surface area contributed by atoms with E-state index in [1.54, 1.807) is 25.2 Å². The molecule has 0 aliphatic rings. The maximum atomic E-state index is 13.1. The number of rotatable bonds is 4. The number of fused-ring (bicyclic) bond motifs is 1. The molecule has 13 heteroatoms. The van der Waals surface area contributed by atoms with E-state index in [9.17, 15) is 21.6 Å². The number of aromatic nitrogens is 6. The van der Waals surface area contributed by atoms with Crippen LogP contribution in [0.4, 0.5) is 13.2 Å². The number of hydrogen-bond acceptors (Lipinski definition) is 6. The summed E-state index contributed by atoms with van der Waals surface area (Å²) in [5.41, 5.74) is -0.462. The molecule has 0 saturated carbocycles. The number of alkyl halides is 3. The van der Waals surface area contributed by atoms with E-state index in [1.807, 2.05) is 0 Å². The molecular formula is C19H16ClF3N6O2S. The Hall–Kier alpha value is -2.99. The third-order valence-electron chi connectivity index (χ3n) is 4.93. The molecule has 0 bridgehead atoms. The van der Waals surface area contributed by atoms with E-state index in [0.717, 1.165) is 12.3 Å². The second-order valence-electron chi connectivity index (χ2n) is 6.95. The minimum atomic E-state index is -4.64. The molecular weight excluding hydrogens is 469 g/mol. The average molecular weight is 485 g/mol. The van der Waals surface area contributed by atoms with E-state index in [0.29, 0.717) is 11.2 Å². The van der Waals surface area contributed by atoms with E-state index in [1.165, 1.54) is 23.1 Å². The molecule has 0 N–H and O–H groups in total. The van der Waals surface area contributed by atoms with Crippen LogP contribution in [0.25, 0.3) is 34.1 Å². The third kappa shape index (κ3) is 3.62. The summed E-state index contributed by atoms with van der Waals surface area (Å²) >= 11 is 5.98. The highest BCUT2D eigenvalue weighted by molar-refractivity contribution is 7.91. The Morgan fingerprint density at radius 2 is 1.78 bits per heavy atom. The fourth-order valence-electron chi connectivity index (χ4n) is 3.34. The predicted octanol–water partition coefficient (Wildman–Crippen LogP) is 3.90. The van der Waals surface area contributed by atoms with Crippen LogP contribution in [0.3, 0.4) is 0 Å². The molecule has 0 aromatic carbocycles. The predicted molar refractivity (Wildman–Crippen MR) is 112 cm³/mol. The number of halogens is 4. The van der Waals surface area contributed by atoms with Crippen LogP contribution < -0.4 is 0 Å². The largest absolute Gasteiger partial charge is 0.433 e. The van der Waals surface area contributed by atoms with E-state index < -0.39 is 21.7 Å². The number of sulfone groups is 1. The molecule has 4 aromatic rings. The number of hydrogen-bond donors (Lipinski definition) is 0. The zero-order chi connectivity index (χ0) is 23.4. The van der Waals surface area contributed by atoms with Gasteiger partial charge in [-0.25, -0.2) is 28.4 Å². The van der Waals surface area contributed by atoms with Gasteiger partial charge in [0, 0.05) is 14.1 Å². The summed E-state index contributed by atoms with van der Waals surface area (Å²) in [5.74, 6) is 0.0822. The van der Waals surface area contributed by atoms with Crippen molar-refractivity contribution in [2.45, 2.75) is 18.1 Å². The van der Waals surface area contributed by atoms with Gasteiger partial charge in [-0.1, -0.05) is 24.6 Å². The van der Waals surface area contributed by atoms with E-state index in [4.69, 9.17) is 11.6 Å². The van der Waals surface area contributed by atoms with Gasteiger partial charge >= 0.3 is 6.18 Å². The molecule has 8 nitrogen and oxygen atoms in total. The Morgan fingerprint density at radius 3 is 2.41 bits per heavy atom. The van der Waals surface area contributed by atoms with Gasteiger partial charge in [-0.05, 0) is 18.2 Å². The molecule has 0 aliphatic heterocycles. The first-order valence-electron chi connectivity index (χ1n) is 9.26. The molecule has 0 unspecified atom stereocenters. The normalized spacial score (nSPS) is 12.6. The first kappa shape index (κ1) is 22.2. The van der Waals surface area contributed by atoms with Gasteiger partial charge in [-0.3, -0.25) is 0 Å². The Kier molecular flexibility index (Phi) is 5.24. The molecule has 0 radical (unpaired) electrons. The Balaban J connectivity index is 2.02. The Bertz CT molecular complexity index is 1460. The summed E-state index contributed by atoms with van der Waals surface area (Å²) in [7, 11) is -0.733. The highest BCUT2D eigenvalue weighted by Crippen LogP contribution is 2.34. The summed E-state index contributed by atoms with van der Waals surface area (Å²) in [6, 6.07) is 5.64. The summed E-state index contributed by atoms with van der Waals surface area (Å²) < 4.78 is 67.9. The van der Waals surface area contributed by atoms with Gasteiger partial charge in [0.05, 0.1) is 23.0 Å². The minimum absolute atomic E-state index is 0.00150. The van der Waals surface area contributed by atoms with Gasteiger partial charge in [0.2, 0.25) is 0 Å². The van der Waals surface area contributed by atoms with Gasteiger partial charge < -0.3 is 9.13 Å². The Labute approximate surface area is 185 Å². The molecule has 168 valence electrons. The van der Waals surface area contributed by atoms with Crippen LogP contribution in [-0.2, 0) is 30.1 Å². The highest BCUT2D eigenvalue weighted by Gasteiger charge is 2.34. The first-order chi connectivity index (χ1) is 14.9. The number of pyridine rings is 2. The van der Waals surface area contributed by atoms with Crippen molar-refractivity contribution in [3.05, 3.63) is 41.3 Å². The Morgan fingerprint density at radius 1 is 1.06 bits per heavy atom. The van der Waals surface area contributed by atoms with Crippen LogP contribution in [0.15, 0.2) is 35.5 Å². The second kappa shape index (κ2) is 7.55. The van der Waals surface area contributed by atoms with Crippen molar-refractivity contribution in [2.24, 2.45) is 14.1 Å². The highest BCUT2D eigenvalue weighted by atomic mass is 35.5. The monoisotopic (exact) mass is 484 g/mol. The SMILES string of the molecule is CCS(=O)(=O)c1c(-c2nc3cc(C(F)(F)F)ncc3n2C)nc(-c2cccc(Cl)n2)n1C. The van der Waals surface area contributed by atoms with Crippen LogP contribution in [0.2, 0.25) is 5.15 Å². The van der Waals surface area contributed by atoms with Crippen molar-refractivity contribution in [3.63, 3.8) is 0 Å². The van der Waals surface area contributed by atoms with E-state index in [-0.39, 0.29) is 38.8 Å². The van der Waals surface area contributed by atoms with Gasteiger partial charge in [-0.2, -0.15) is 13.2 Å². The molecule has 0 aliphatic carbocycles. The summed E-state index contributed by atoms with van der Waals surface area (Å²) in [5, 5.41) is 0.0691. The van der Waals surface area contributed by atoms with Crippen LogP contribution in [0.1, 0.15) is 12.6 Å². The number of nitrogens with zero attached hydrogens (tertiary/aromatic N) is 6. The van der Waals surface area contributed by atoms with Crippen LogP contribution in [0, 0.1) is 0 Å². The molecule has 32 heavy (non-hydrogen) atoms. The lowest BCUT2D eigenvalue weighted by atomic mass is 10.3.